The standard InChI is InChI=1S/C22H24N4O3S/c1-4-23-21(28)25-20(27)15(2)30-22-24-14-18(16-10-6-5-7-11-16)26(22)17-12-8-9-13-19(17)29-3/h5-15H,4H2,1-3H3,(H2,23,25,27,28). The van der Waals surface area contributed by atoms with Crippen LogP contribution in [0.1, 0.15) is 13.8 Å². The van der Waals surface area contributed by atoms with E-state index < -0.39 is 11.3 Å². The fourth-order valence-electron chi connectivity index (χ4n) is 2.91. The highest BCUT2D eigenvalue weighted by Crippen LogP contribution is 2.35. The first-order valence-electron chi connectivity index (χ1n) is 9.57. The van der Waals surface area contributed by atoms with Gasteiger partial charge in [-0.25, -0.2) is 9.78 Å². The van der Waals surface area contributed by atoms with Gasteiger partial charge in [-0.1, -0.05) is 54.2 Å². The van der Waals surface area contributed by atoms with Crippen molar-refractivity contribution in [2.24, 2.45) is 0 Å². The van der Waals surface area contributed by atoms with E-state index in [1.807, 2.05) is 59.2 Å². The molecule has 8 heteroatoms. The number of imide groups is 1. The van der Waals surface area contributed by atoms with Gasteiger partial charge in [-0.05, 0) is 26.0 Å². The number of nitrogens with one attached hydrogen (secondary N) is 2. The molecule has 1 aromatic heterocycles. The second kappa shape index (κ2) is 9.98. The van der Waals surface area contributed by atoms with E-state index >= 15 is 0 Å². The van der Waals surface area contributed by atoms with Crippen molar-refractivity contribution < 1.29 is 14.3 Å². The number of aromatic nitrogens is 2. The molecule has 3 amide bonds. The number of thioether (sulfide) groups is 1. The van der Waals surface area contributed by atoms with Crippen LogP contribution in [-0.2, 0) is 4.79 Å². The fourth-order valence-corrected chi connectivity index (χ4v) is 3.81. The number of carbonyl (C=O) groups is 2. The lowest BCUT2D eigenvalue weighted by molar-refractivity contribution is -0.119. The summed E-state index contributed by atoms with van der Waals surface area (Å²) < 4.78 is 7.52. The number of methoxy groups -OCH3 is 1. The molecule has 0 aliphatic rings. The molecule has 0 bridgehead atoms. The maximum absolute atomic E-state index is 12.4. The van der Waals surface area contributed by atoms with E-state index in [9.17, 15) is 9.59 Å². The van der Waals surface area contributed by atoms with E-state index in [4.69, 9.17) is 4.74 Å². The maximum Gasteiger partial charge on any atom is 0.321 e. The Morgan fingerprint density at radius 2 is 1.83 bits per heavy atom. The molecule has 30 heavy (non-hydrogen) atoms. The predicted molar refractivity (Wildman–Crippen MR) is 118 cm³/mol. The SMILES string of the molecule is CCNC(=O)NC(=O)C(C)Sc1ncc(-c2ccccc2)n1-c1ccccc1OC. The lowest BCUT2D eigenvalue weighted by Crippen LogP contribution is -2.42. The van der Waals surface area contributed by atoms with Gasteiger partial charge in [0.1, 0.15) is 5.75 Å². The van der Waals surface area contributed by atoms with Crippen molar-refractivity contribution in [1.29, 1.82) is 0 Å². The zero-order valence-electron chi connectivity index (χ0n) is 17.1. The third-order valence-corrected chi connectivity index (χ3v) is 5.42. The molecule has 3 aromatic rings. The fraction of sp³-hybridized carbons (Fsp3) is 0.227. The molecule has 2 aromatic carbocycles. The molecule has 3 rings (SSSR count). The molecule has 0 aliphatic carbocycles. The van der Waals surface area contributed by atoms with Crippen molar-refractivity contribution in [2.75, 3.05) is 13.7 Å². The van der Waals surface area contributed by atoms with Crippen molar-refractivity contribution in [3.05, 3.63) is 60.8 Å². The Morgan fingerprint density at radius 3 is 2.53 bits per heavy atom. The van der Waals surface area contributed by atoms with Crippen molar-refractivity contribution >= 4 is 23.7 Å². The molecular weight excluding hydrogens is 400 g/mol. The topological polar surface area (TPSA) is 85.3 Å². The lowest BCUT2D eigenvalue weighted by atomic mass is 10.1. The number of nitrogens with zero attached hydrogens (tertiary/aromatic N) is 2. The van der Waals surface area contributed by atoms with Crippen LogP contribution in [0.2, 0.25) is 0 Å². The highest BCUT2D eigenvalue weighted by atomic mass is 32.2. The Kier molecular flexibility index (Phi) is 7.13. The number of hydrogen-bond acceptors (Lipinski definition) is 5. The van der Waals surface area contributed by atoms with Gasteiger partial charge < -0.3 is 10.1 Å². The molecule has 0 fully saturated rings. The zero-order chi connectivity index (χ0) is 21.5. The lowest BCUT2D eigenvalue weighted by Gasteiger charge is -2.17. The second-order valence-electron chi connectivity index (χ2n) is 6.41. The zero-order valence-corrected chi connectivity index (χ0v) is 17.9. The molecule has 0 aliphatic heterocycles. The van der Waals surface area contributed by atoms with Crippen molar-refractivity contribution in [1.82, 2.24) is 20.2 Å². The van der Waals surface area contributed by atoms with Gasteiger partial charge in [0.25, 0.3) is 0 Å². The van der Waals surface area contributed by atoms with Crippen LogP contribution in [0.15, 0.2) is 66.0 Å². The number of urea groups is 1. The van der Waals surface area contributed by atoms with Gasteiger partial charge in [-0.3, -0.25) is 14.7 Å². The minimum atomic E-state index is -0.535. The number of carbonyl (C=O) groups excluding carboxylic acids is 2. The summed E-state index contributed by atoms with van der Waals surface area (Å²) >= 11 is 1.27. The number of amides is 3. The van der Waals surface area contributed by atoms with Crippen LogP contribution in [0.4, 0.5) is 4.79 Å². The summed E-state index contributed by atoms with van der Waals surface area (Å²) in [6, 6.07) is 17.0. The van der Waals surface area contributed by atoms with Crippen molar-refractivity contribution in [3.8, 4) is 22.7 Å². The Labute approximate surface area is 179 Å². The Bertz CT molecular complexity index is 1020. The third kappa shape index (κ3) is 4.83. The Morgan fingerprint density at radius 1 is 1.13 bits per heavy atom. The maximum atomic E-state index is 12.4. The molecular formula is C22H24N4O3S. The second-order valence-corrected chi connectivity index (χ2v) is 7.72. The van der Waals surface area contributed by atoms with Crippen LogP contribution in [0.25, 0.3) is 16.9 Å². The summed E-state index contributed by atoms with van der Waals surface area (Å²) in [5.74, 6) is 0.302. The van der Waals surface area contributed by atoms with E-state index in [1.165, 1.54) is 11.8 Å². The first kappa shape index (κ1) is 21.4. The van der Waals surface area contributed by atoms with E-state index in [-0.39, 0.29) is 5.91 Å². The summed E-state index contributed by atoms with van der Waals surface area (Å²) in [4.78, 5) is 28.7. The third-order valence-electron chi connectivity index (χ3n) is 4.35. The molecule has 0 saturated heterocycles. The van der Waals surface area contributed by atoms with Gasteiger partial charge in [0.15, 0.2) is 5.16 Å². The molecule has 0 saturated carbocycles. The minimum absolute atomic E-state index is 0.387. The molecule has 1 heterocycles. The number of para-hydroxylation sites is 2. The average Bonchev–Trinajstić information content (AvgIpc) is 3.17. The minimum Gasteiger partial charge on any atom is -0.495 e. The van der Waals surface area contributed by atoms with Crippen LogP contribution >= 0.6 is 11.8 Å². The molecule has 1 unspecified atom stereocenters. The molecule has 7 nitrogen and oxygen atoms in total. The quantitative estimate of drug-likeness (QED) is 0.563. The molecule has 0 radical (unpaired) electrons. The normalized spacial score (nSPS) is 11.6. The summed E-state index contributed by atoms with van der Waals surface area (Å²) in [5.41, 5.74) is 2.68. The van der Waals surface area contributed by atoms with E-state index in [1.54, 1.807) is 27.2 Å². The van der Waals surface area contributed by atoms with Crippen molar-refractivity contribution in [2.45, 2.75) is 24.3 Å². The van der Waals surface area contributed by atoms with E-state index in [0.29, 0.717) is 17.5 Å². The highest BCUT2D eigenvalue weighted by Gasteiger charge is 2.23. The number of ether oxygens (including phenoxy) is 1. The summed E-state index contributed by atoms with van der Waals surface area (Å²) in [6.07, 6.45) is 1.78. The Balaban J connectivity index is 1.98. The predicted octanol–water partition coefficient (Wildman–Crippen LogP) is 3.87. The average molecular weight is 425 g/mol. The largest absolute Gasteiger partial charge is 0.495 e. The monoisotopic (exact) mass is 424 g/mol. The highest BCUT2D eigenvalue weighted by molar-refractivity contribution is 8.00. The number of hydrogen-bond donors (Lipinski definition) is 2. The summed E-state index contributed by atoms with van der Waals surface area (Å²) in [6.45, 7) is 3.97. The molecule has 1 atom stereocenters. The number of rotatable bonds is 7. The summed E-state index contributed by atoms with van der Waals surface area (Å²) in [5, 5.41) is 4.99. The van der Waals surface area contributed by atoms with E-state index in [2.05, 4.69) is 15.6 Å². The molecule has 156 valence electrons. The van der Waals surface area contributed by atoms with Crippen LogP contribution < -0.4 is 15.4 Å². The van der Waals surface area contributed by atoms with Gasteiger partial charge in [0.2, 0.25) is 5.91 Å². The van der Waals surface area contributed by atoms with Crippen LogP contribution in [0.3, 0.4) is 0 Å². The van der Waals surface area contributed by atoms with E-state index in [0.717, 1.165) is 16.9 Å². The van der Waals surface area contributed by atoms with Gasteiger partial charge in [0.05, 0.1) is 29.9 Å². The number of benzene rings is 2. The summed E-state index contributed by atoms with van der Waals surface area (Å²) in [7, 11) is 1.62. The van der Waals surface area contributed by atoms with Gasteiger partial charge in [0, 0.05) is 12.1 Å². The first-order valence-corrected chi connectivity index (χ1v) is 10.4. The van der Waals surface area contributed by atoms with Gasteiger partial charge in [-0.2, -0.15) is 0 Å². The molecule has 2 N–H and O–H groups in total. The van der Waals surface area contributed by atoms with Crippen LogP contribution in [0.5, 0.6) is 5.75 Å². The van der Waals surface area contributed by atoms with Crippen molar-refractivity contribution in [3.63, 3.8) is 0 Å². The smallest absolute Gasteiger partial charge is 0.321 e. The first-order chi connectivity index (χ1) is 14.5. The Hall–Kier alpha value is -3.26. The number of imidazole rings is 1. The van der Waals surface area contributed by atoms with Crippen LogP contribution in [0, 0.1) is 0 Å². The molecule has 0 spiro atoms. The van der Waals surface area contributed by atoms with Gasteiger partial charge in [-0.15, -0.1) is 0 Å². The van der Waals surface area contributed by atoms with Gasteiger partial charge >= 0.3 is 6.03 Å². The van der Waals surface area contributed by atoms with Crippen LogP contribution in [-0.4, -0.2) is 40.4 Å².